The summed E-state index contributed by atoms with van der Waals surface area (Å²) in [5.41, 5.74) is 0.349. The molecular formula is C23H25FN6O4S. The molecule has 0 bridgehead atoms. The number of esters is 1. The molecule has 0 atom stereocenters. The number of thioether (sulfide) groups is 1. The zero-order valence-electron chi connectivity index (χ0n) is 19.4. The van der Waals surface area contributed by atoms with Crippen molar-refractivity contribution in [1.29, 1.82) is 0 Å². The van der Waals surface area contributed by atoms with Gasteiger partial charge >= 0.3 is 11.7 Å². The van der Waals surface area contributed by atoms with Crippen molar-refractivity contribution in [2.24, 2.45) is 14.1 Å². The second-order valence-corrected chi connectivity index (χ2v) is 9.69. The Morgan fingerprint density at radius 1 is 1.09 bits per heavy atom. The first-order chi connectivity index (χ1) is 16.8. The Labute approximate surface area is 203 Å². The molecule has 5 rings (SSSR count). The average molecular weight is 501 g/mol. The minimum absolute atomic E-state index is 0.0285. The Morgan fingerprint density at radius 3 is 2.51 bits per heavy atom. The van der Waals surface area contributed by atoms with Crippen LogP contribution < -0.4 is 11.2 Å². The third-order valence-electron chi connectivity index (χ3n) is 6.37. The molecule has 10 nitrogen and oxygen atoms in total. The third-order valence-corrected chi connectivity index (χ3v) is 7.28. The van der Waals surface area contributed by atoms with Crippen LogP contribution in [0.5, 0.6) is 0 Å². The van der Waals surface area contributed by atoms with E-state index in [1.807, 2.05) is 0 Å². The number of ether oxygens (including phenoxy) is 1. The molecule has 1 saturated carbocycles. The SMILES string of the molecule is Cn1c(=O)c2c(n(C)c1=O)n1c(SCC(=O)OC3CCCCC3)nnc1n2Cc1ccc(F)cc1. The minimum atomic E-state index is -0.496. The van der Waals surface area contributed by atoms with Gasteiger partial charge in [0.1, 0.15) is 11.9 Å². The standard InChI is InChI=1S/C23H25FN6O4S/c1-27-19-18(20(32)28(2)23(27)33)29(12-14-8-10-15(24)11-9-14)21-25-26-22(30(19)21)35-13-17(31)34-16-6-4-3-5-7-16/h8-11,16H,3-7,12-13H2,1-2H3. The third kappa shape index (κ3) is 4.26. The summed E-state index contributed by atoms with van der Waals surface area (Å²) in [5, 5.41) is 8.86. The molecule has 1 aliphatic rings. The number of carbonyl (C=O) groups is 1. The van der Waals surface area contributed by atoms with Crippen molar-refractivity contribution in [3.8, 4) is 0 Å². The van der Waals surface area contributed by atoms with Crippen LogP contribution in [0.2, 0.25) is 0 Å². The van der Waals surface area contributed by atoms with Crippen LogP contribution in [0.25, 0.3) is 16.9 Å². The molecule has 0 saturated heterocycles. The van der Waals surface area contributed by atoms with Crippen LogP contribution in [-0.2, 0) is 30.2 Å². The Balaban J connectivity index is 1.55. The van der Waals surface area contributed by atoms with E-state index >= 15 is 0 Å². The van der Waals surface area contributed by atoms with Gasteiger partial charge in [0.05, 0.1) is 12.3 Å². The molecule has 1 aliphatic carbocycles. The van der Waals surface area contributed by atoms with Gasteiger partial charge in [0.25, 0.3) is 5.56 Å². The molecule has 35 heavy (non-hydrogen) atoms. The van der Waals surface area contributed by atoms with Crippen LogP contribution in [0.1, 0.15) is 37.7 Å². The summed E-state index contributed by atoms with van der Waals surface area (Å²) in [6, 6.07) is 5.93. The lowest BCUT2D eigenvalue weighted by Gasteiger charge is -2.21. The van der Waals surface area contributed by atoms with Crippen molar-refractivity contribution in [3.63, 3.8) is 0 Å². The van der Waals surface area contributed by atoms with Crippen molar-refractivity contribution in [2.45, 2.75) is 49.9 Å². The number of benzene rings is 1. The van der Waals surface area contributed by atoms with Gasteiger partial charge in [0.2, 0.25) is 5.78 Å². The van der Waals surface area contributed by atoms with Crippen molar-refractivity contribution in [2.75, 3.05) is 5.75 Å². The van der Waals surface area contributed by atoms with Crippen LogP contribution in [0.15, 0.2) is 39.0 Å². The Kier molecular flexibility index (Phi) is 6.22. The molecule has 0 spiro atoms. The van der Waals surface area contributed by atoms with Gasteiger partial charge in [-0.25, -0.2) is 13.6 Å². The lowest BCUT2D eigenvalue weighted by molar-refractivity contribution is -0.147. The van der Waals surface area contributed by atoms with E-state index < -0.39 is 11.2 Å². The van der Waals surface area contributed by atoms with E-state index in [4.69, 9.17) is 4.74 Å². The molecule has 0 amide bonds. The van der Waals surface area contributed by atoms with Crippen LogP contribution in [0.4, 0.5) is 4.39 Å². The second-order valence-electron chi connectivity index (χ2n) is 8.75. The molecule has 0 radical (unpaired) electrons. The number of halogens is 1. The molecule has 0 N–H and O–H groups in total. The maximum Gasteiger partial charge on any atom is 0.332 e. The summed E-state index contributed by atoms with van der Waals surface area (Å²) >= 11 is 1.14. The zero-order valence-corrected chi connectivity index (χ0v) is 20.3. The smallest absolute Gasteiger partial charge is 0.332 e. The van der Waals surface area contributed by atoms with Gasteiger partial charge < -0.3 is 4.74 Å². The zero-order chi connectivity index (χ0) is 24.7. The second kappa shape index (κ2) is 9.33. The van der Waals surface area contributed by atoms with E-state index in [1.54, 1.807) is 28.1 Å². The Morgan fingerprint density at radius 2 is 1.80 bits per heavy atom. The van der Waals surface area contributed by atoms with Gasteiger partial charge in [-0.3, -0.25) is 23.3 Å². The normalized spacial score (nSPS) is 14.7. The number of hydrogen-bond acceptors (Lipinski definition) is 7. The highest BCUT2D eigenvalue weighted by atomic mass is 32.2. The first-order valence-corrected chi connectivity index (χ1v) is 12.4. The molecular weight excluding hydrogens is 475 g/mol. The van der Waals surface area contributed by atoms with E-state index in [-0.39, 0.29) is 35.7 Å². The van der Waals surface area contributed by atoms with Crippen LogP contribution in [0, 0.1) is 5.82 Å². The number of nitrogens with zero attached hydrogens (tertiary/aromatic N) is 6. The van der Waals surface area contributed by atoms with Crippen LogP contribution >= 0.6 is 11.8 Å². The molecule has 12 heteroatoms. The maximum atomic E-state index is 13.4. The molecule has 4 aromatic rings. The fraction of sp³-hybridized carbons (Fsp3) is 0.435. The summed E-state index contributed by atoms with van der Waals surface area (Å²) in [4.78, 5) is 38.3. The van der Waals surface area contributed by atoms with Crippen molar-refractivity contribution >= 4 is 34.7 Å². The van der Waals surface area contributed by atoms with Gasteiger partial charge in [0.15, 0.2) is 16.3 Å². The number of carbonyl (C=O) groups excluding carboxylic acids is 1. The molecule has 1 fully saturated rings. The number of hydrogen-bond donors (Lipinski definition) is 0. The van der Waals surface area contributed by atoms with Gasteiger partial charge in [-0.1, -0.05) is 30.3 Å². The largest absolute Gasteiger partial charge is 0.462 e. The van der Waals surface area contributed by atoms with Gasteiger partial charge in [0, 0.05) is 14.1 Å². The number of imidazole rings is 1. The topological polar surface area (TPSA) is 105 Å². The molecule has 184 valence electrons. The Hall–Kier alpha value is -3.41. The van der Waals surface area contributed by atoms with Crippen LogP contribution in [0.3, 0.4) is 0 Å². The summed E-state index contributed by atoms with van der Waals surface area (Å²) in [6.45, 7) is 0.216. The fourth-order valence-corrected chi connectivity index (χ4v) is 5.28. The summed E-state index contributed by atoms with van der Waals surface area (Å²) in [7, 11) is 2.98. The lowest BCUT2D eigenvalue weighted by Crippen LogP contribution is -2.37. The molecule has 3 heterocycles. The number of fused-ring (bicyclic) bond motifs is 3. The first kappa shape index (κ1) is 23.3. The average Bonchev–Trinajstić information content (AvgIpc) is 3.41. The van der Waals surface area contributed by atoms with Crippen molar-refractivity contribution in [1.82, 2.24) is 28.3 Å². The van der Waals surface area contributed by atoms with E-state index in [1.165, 1.54) is 30.2 Å². The highest BCUT2D eigenvalue weighted by molar-refractivity contribution is 7.99. The molecule has 1 aromatic carbocycles. The van der Waals surface area contributed by atoms with E-state index in [0.29, 0.717) is 16.6 Å². The predicted octanol–water partition coefficient (Wildman–Crippen LogP) is 2.24. The quantitative estimate of drug-likeness (QED) is 0.295. The van der Waals surface area contributed by atoms with Crippen molar-refractivity contribution < 1.29 is 13.9 Å². The fourth-order valence-electron chi connectivity index (χ4n) is 4.57. The van der Waals surface area contributed by atoms with Crippen LogP contribution in [-0.4, -0.2) is 46.1 Å². The maximum absolute atomic E-state index is 13.4. The highest BCUT2D eigenvalue weighted by Crippen LogP contribution is 2.26. The van der Waals surface area contributed by atoms with Crippen molar-refractivity contribution in [3.05, 3.63) is 56.5 Å². The summed E-state index contributed by atoms with van der Waals surface area (Å²) < 4.78 is 24.7. The van der Waals surface area contributed by atoms with Gasteiger partial charge in [-0.2, -0.15) is 0 Å². The lowest BCUT2D eigenvalue weighted by atomic mass is 9.98. The van der Waals surface area contributed by atoms with Gasteiger partial charge in [-0.05, 0) is 43.4 Å². The molecule has 0 aliphatic heterocycles. The van der Waals surface area contributed by atoms with Gasteiger partial charge in [-0.15, -0.1) is 10.2 Å². The molecule has 0 unspecified atom stereocenters. The summed E-state index contributed by atoms with van der Waals surface area (Å²) in [5.74, 6) is -0.333. The number of aromatic nitrogens is 6. The monoisotopic (exact) mass is 500 g/mol. The number of aryl methyl sites for hydroxylation is 1. The van der Waals surface area contributed by atoms with E-state index in [2.05, 4.69) is 10.2 Å². The minimum Gasteiger partial charge on any atom is -0.462 e. The summed E-state index contributed by atoms with van der Waals surface area (Å²) in [6.07, 6.45) is 5.01. The highest BCUT2D eigenvalue weighted by Gasteiger charge is 2.25. The number of rotatable bonds is 6. The molecule has 3 aromatic heterocycles. The van der Waals surface area contributed by atoms with E-state index in [0.717, 1.165) is 47.6 Å². The Bertz CT molecular complexity index is 1530. The first-order valence-electron chi connectivity index (χ1n) is 11.4. The predicted molar refractivity (Wildman–Crippen MR) is 128 cm³/mol. The van der Waals surface area contributed by atoms with E-state index in [9.17, 15) is 18.8 Å².